The second kappa shape index (κ2) is 10.6. The van der Waals surface area contributed by atoms with Crippen LogP contribution in [0, 0.1) is 0 Å². The summed E-state index contributed by atoms with van der Waals surface area (Å²) in [5, 5.41) is 0. The van der Waals surface area contributed by atoms with E-state index in [9.17, 15) is 9.59 Å². The molecule has 0 atom stereocenters. The van der Waals surface area contributed by atoms with E-state index in [1.807, 2.05) is 95.6 Å². The van der Waals surface area contributed by atoms with Gasteiger partial charge >= 0.3 is 11.7 Å². The summed E-state index contributed by atoms with van der Waals surface area (Å²) < 4.78 is 8.68. The van der Waals surface area contributed by atoms with Gasteiger partial charge in [-0.05, 0) is 31.9 Å². The van der Waals surface area contributed by atoms with Crippen molar-refractivity contribution in [2.24, 2.45) is 0 Å². The first-order valence-electron chi connectivity index (χ1n) is 11.4. The number of ether oxygens (including phenoxy) is 1. The van der Waals surface area contributed by atoms with E-state index in [-0.39, 0.29) is 11.7 Å². The Morgan fingerprint density at radius 1 is 0.758 bits per heavy atom. The third-order valence-electron chi connectivity index (χ3n) is 5.57. The monoisotopic (exact) mass is 440 g/mol. The molecular formula is C28H28N2O3. The maximum Gasteiger partial charge on any atom is 0.333 e. The van der Waals surface area contributed by atoms with Gasteiger partial charge < -0.3 is 4.74 Å². The molecule has 4 aromatic rings. The molecule has 0 fully saturated rings. The number of carbonyl (C=O) groups excluding carboxylic acids is 1. The molecule has 4 rings (SSSR count). The molecule has 0 aliphatic rings. The van der Waals surface area contributed by atoms with E-state index in [0.29, 0.717) is 32.4 Å². The molecule has 0 spiro atoms. The molecule has 3 aromatic carbocycles. The van der Waals surface area contributed by atoms with E-state index >= 15 is 0 Å². The lowest BCUT2D eigenvalue weighted by Crippen LogP contribution is -2.24. The Morgan fingerprint density at radius 2 is 1.30 bits per heavy atom. The van der Waals surface area contributed by atoms with Gasteiger partial charge in [0.05, 0.1) is 23.7 Å². The molecule has 0 aliphatic carbocycles. The first-order valence-corrected chi connectivity index (χ1v) is 11.4. The molecule has 1 heterocycles. The summed E-state index contributed by atoms with van der Waals surface area (Å²) in [4.78, 5) is 25.6. The minimum Gasteiger partial charge on any atom is -0.466 e. The number of esters is 1. The third-order valence-corrected chi connectivity index (χ3v) is 5.57. The van der Waals surface area contributed by atoms with Gasteiger partial charge in [-0.2, -0.15) is 0 Å². The quantitative estimate of drug-likeness (QED) is 0.248. The summed E-state index contributed by atoms with van der Waals surface area (Å²) >= 11 is 0. The van der Waals surface area contributed by atoms with E-state index in [1.54, 1.807) is 11.5 Å². The summed E-state index contributed by atoms with van der Waals surface area (Å²) in [6, 6.07) is 29.8. The van der Waals surface area contributed by atoms with Crippen LogP contribution in [0.25, 0.3) is 28.2 Å². The molecule has 0 saturated heterocycles. The van der Waals surface area contributed by atoms with Crippen LogP contribution in [0.1, 0.15) is 26.2 Å². The number of aromatic nitrogens is 2. The van der Waals surface area contributed by atoms with Crippen LogP contribution in [0.3, 0.4) is 0 Å². The number of hydrogen-bond donors (Lipinski definition) is 0. The molecule has 5 nitrogen and oxygen atoms in total. The topological polar surface area (TPSA) is 53.2 Å². The average molecular weight is 441 g/mol. The molecule has 0 N–H and O–H groups in total. The highest BCUT2D eigenvalue weighted by Gasteiger charge is 2.23. The fourth-order valence-electron chi connectivity index (χ4n) is 4.09. The molecule has 33 heavy (non-hydrogen) atoms. The van der Waals surface area contributed by atoms with Crippen LogP contribution in [-0.2, 0) is 16.1 Å². The number of para-hydroxylation sites is 1. The first kappa shape index (κ1) is 22.3. The maximum absolute atomic E-state index is 13.8. The van der Waals surface area contributed by atoms with Crippen LogP contribution in [-0.4, -0.2) is 21.7 Å². The average Bonchev–Trinajstić information content (AvgIpc) is 3.15. The van der Waals surface area contributed by atoms with Gasteiger partial charge in [-0.1, -0.05) is 78.9 Å². The van der Waals surface area contributed by atoms with Crippen molar-refractivity contribution < 1.29 is 9.53 Å². The minimum absolute atomic E-state index is 0.0879. The number of benzene rings is 3. The normalized spacial score (nSPS) is 10.8. The lowest BCUT2D eigenvalue weighted by atomic mass is 10.0. The largest absolute Gasteiger partial charge is 0.466 e. The first-order chi connectivity index (χ1) is 16.2. The molecule has 0 aliphatic heterocycles. The van der Waals surface area contributed by atoms with Gasteiger partial charge in [-0.25, -0.2) is 4.79 Å². The molecule has 0 unspecified atom stereocenters. The molecular weight excluding hydrogens is 412 g/mol. The molecule has 168 valence electrons. The van der Waals surface area contributed by atoms with Gasteiger partial charge in [0.2, 0.25) is 0 Å². The number of rotatable bonds is 9. The van der Waals surface area contributed by atoms with Crippen molar-refractivity contribution in [1.29, 1.82) is 0 Å². The standard InChI is InChI=1S/C28H28N2O3/c1-2-33-25(31)20-12-13-21-29-26(22-14-6-3-7-15-22)27(23-16-8-4-9-17-23)30(28(29)32)24-18-10-5-11-19-24/h3-11,14-19H,2,12-13,20-21H2,1H3. The molecule has 0 amide bonds. The van der Waals surface area contributed by atoms with Crippen LogP contribution >= 0.6 is 0 Å². The zero-order valence-corrected chi connectivity index (χ0v) is 18.8. The van der Waals surface area contributed by atoms with Crippen LogP contribution in [0.2, 0.25) is 0 Å². The summed E-state index contributed by atoms with van der Waals surface area (Å²) in [6.45, 7) is 2.71. The summed E-state index contributed by atoms with van der Waals surface area (Å²) in [5.41, 5.74) is 4.44. The molecule has 5 heteroatoms. The molecule has 0 radical (unpaired) electrons. The van der Waals surface area contributed by atoms with Gasteiger partial charge in [-0.3, -0.25) is 13.9 Å². The SMILES string of the molecule is CCOC(=O)CCCCn1c(-c2ccccc2)c(-c2ccccc2)n(-c2ccccc2)c1=O. The Bertz CT molecular complexity index is 1240. The lowest BCUT2D eigenvalue weighted by Gasteiger charge is -2.12. The van der Waals surface area contributed by atoms with Crippen molar-refractivity contribution in [1.82, 2.24) is 9.13 Å². The van der Waals surface area contributed by atoms with Gasteiger partial charge in [0.15, 0.2) is 0 Å². The zero-order chi connectivity index (χ0) is 23.0. The van der Waals surface area contributed by atoms with Gasteiger partial charge in [-0.15, -0.1) is 0 Å². The predicted molar refractivity (Wildman–Crippen MR) is 131 cm³/mol. The van der Waals surface area contributed by atoms with Crippen LogP contribution in [0.15, 0.2) is 95.8 Å². The van der Waals surface area contributed by atoms with E-state index in [4.69, 9.17) is 4.74 Å². The number of carbonyl (C=O) groups is 1. The molecule has 0 saturated carbocycles. The van der Waals surface area contributed by atoms with Crippen molar-refractivity contribution in [3.05, 3.63) is 101 Å². The van der Waals surface area contributed by atoms with Crippen LogP contribution < -0.4 is 5.69 Å². The fourth-order valence-corrected chi connectivity index (χ4v) is 4.09. The van der Waals surface area contributed by atoms with Crippen molar-refractivity contribution >= 4 is 5.97 Å². The Labute approximate surface area is 193 Å². The van der Waals surface area contributed by atoms with E-state index in [2.05, 4.69) is 0 Å². The summed E-state index contributed by atoms with van der Waals surface area (Å²) in [6.07, 6.45) is 1.72. The minimum atomic E-state index is -0.194. The Balaban J connectivity index is 1.84. The summed E-state index contributed by atoms with van der Waals surface area (Å²) in [7, 11) is 0. The Morgan fingerprint density at radius 3 is 1.88 bits per heavy atom. The van der Waals surface area contributed by atoms with Crippen molar-refractivity contribution in [2.75, 3.05) is 6.61 Å². The Kier molecular flexibility index (Phi) is 7.20. The van der Waals surface area contributed by atoms with E-state index in [1.165, 1.54) is 0 Å². The van der Waals surface area contributed by atoms with Crippen molar-refractivity contribution in [2.45, 2.75) is 32.7 Å². The lowest BCUT2D eigenvalue weighted by molar-refractivity contribution is -0.143. The van der Waals surface area contributed by atoms with Gasteiger partial charge in [0.1, 0.15) is 0 Å². The second-order valence-corrected chi connectivity index (χ2v) is 7.80. The van der Waals surface area contributed by atoms with Gasteiger partial charge in [0.25, 0.3) is 0 Å². The number of nitrogens with zero attached hydrogens (tertiary/aromatic N) is 2. The second-order valence-electron chi connectivity index (χ2n) is 7.80. The number of unbranched alkanes of at least 4 members (excludes halogenated alkanes) is 1. The highest BCUT2D eigenvalue weighted by Crippen LogP contribution is 2.33. The van der Waals surface area contributed by atoms with Crippen LogP contribution in [0.5, 0.6) is 0 Å². The molecule has 0 bridgehead atoms. The smallest absolute Gasteiger partial charge is 0.333 e. The van der Waals surface area contributed by atoms with Gasteiger partial charge in [0, 0.05) is 24.1 Å². The van der Waals surface area contributed by atoms with E-state index < -0.39 is 0 Å². The van der Waals surface area contributed by atoms with E-state index in [0.717, 1.165) is 28.2 Å². The predicted octanol–water partition coefficient (Wildman–Crippen LogP) is 5.71. The van der Waals surface area contributed by atoms with Crippen molar-refractivity contribution in [3.63, 3.8) is 0 Å². The highest BCUT2D eigenvalue weighted by atomic mass is 16.5. The Hall–Kier alpha value is -3.86. The summed E-state index contributed by atoms with van der Waals surface area (Å²) in [5.74, 6) is -0.194. The number of hydrogen-bond acceptors (Lipinski definition) is 3. The van der Waals surface area contributed by atoms with Crippen molar-refractivity contribution in [3.8, 4) is 28.2 Å². The highest BCUT2D eigenvalue weighted by molar-refractivity contribution is 5.80. The fraction of sp³-hybridized carbons (Fsp3) is 0.214. The maximum atomic E-state index is 13.8. The third kappa shape index (κ3) is 4.98. The zero-order valence-electron chi connectivity index (χ0n) is 18.8. The van der Waals surface area contributed by atoms with Crippen LogP contribution in [0.4, 0.5) is 0 Å². The number of imidazole rings is 1. The molecule has 1 aromatic heterocycles.